The Kier molecular flexibility index (Phi) is 1.80. The fourth-order valence-electron chi connectivity index (χ4n) is 2.19. The standard InChI is InChI=1S/C14H8N4/c1-3-7-11-9(5-1)13(17-15-11)14-10-6-2-4-8-12(10)16-18-14/h1-8H. The van der Waals surface area contributed by atoms with Gasteiger partial charge < -0.3 is 0 Å². The molecule has 2 aromatic rings. The lowest BCUT2D eigenvalue weighted by Crippen LogP contribution is -1.82. The van der Waals surface area contributed by atoms with Crippen LogP contribution >= 0.6 is 0 Å². The maximum absolute atomic E-state index is 4.24. The Labute approximate surface area is 103 Å². The first kappa shape index (κ1) is 9.41. The van der Waals surface area contributed by atoms with E-state index in [1.165, 1.54) is 0 Å². The molecule has 0 saturated carbocycles. The summed E-state index contributed by atoms with van der Waals surface area (Å²) in [4.78, 5) is 0. The molecule has 0 atom stereocenters. The fourth-order valence-corrected chi connectivity index (χ4v) is 2.19. The average Bonchev–Trinajstić information content (AvgIpc) is 3.01. The van der Waals surface area contributed by atoms with Crippen molar-refractivity contribution >= 4 is 22.8 Å². The van der Waals surface area contributed by atoms with Crippen molar-refractivity contribution in [1.29, 1.82) is 0 Å². The highest BCUT2D eigenvalue weighted by molar-refractivity contribution is 5.97. The number of hydrogen-bond acceptors (Lipinski definition) is 4. The predicted octanol–water partition coefficient (Wildman–Crippen LogP) is 4.71. The Balaban J connectivity index is 1.99. The van der Waals surface area contributed by atoms with E-state index in [1.54, 1.807) is 0 Å². The van der Waals surface area contributed by atoms with Gasteiger partial charge in [0, 0.05) is 11.1 Å². The van der Waals surface area contributed by atoms with Crippen LogP contribution in [0.15, 0.2) is 69.0 Å². The molecule has 0 N–H and O–H groups in total. The normalized spacial score (nSPS) is 19.1. The Bertz CT molecular complexity index is 677. The monoisotopic (exact) mass is 232 g/mol. The summed E-state index contributed by atoms with van der Waals surface area (Å²) in [6.45, 7) is 0. The van der Waals surface area contributed by atoms with Gasteiger partial charge in [-0.3, -0.25) is 0 Å². The molecule has 0 aromatic heterocycles. The molecule has 0 fully saturated rings. The molecule has 0 saturated heterocycles. The van der Waals surface area contributed by atoms with Crippen molar-refractivity contribution in [1.82, 2.24) is 0 Å². The zero-order valence-electron chi connectivity index (χ0n) is 9.41. The molecule has 0 unspecified atom stereocenters. The van der Waals surface area contributed by atoms with Gasteiger partial charge in [0.25, 0.3) is 0 Å². The molecule has 2 aliphatic rings. The molecular formula is C14H8N4. The Morgan fingerprint density at radius 2 is 0.944 bits per heavy atom. The molecule has 0 bridgehead atoms. The van der Waals surface area contributed by atoms with Crippen LogP contribution in [0, 0.1) is 0 Å². The van der Waals surface area contributed by atoms with E-state index < -0.39 is 0 Å². The largest absolute Gasteiger partial charge is 0.150 e. The van der Waals surface area contributed by atoms with Crippen molar-refractivity contribution in [2.45, 2.75) is 0 Å². The lowest BCUT2D eigenvalue weighted by molar-refractivity contribution is 1.29. The van der Waals surface area contributed by atoms with Crippen LogP contribution in [0.25, 0.3) is 11.4 Å². The van der Waals surface area contributed by atoms with Crippen LogP contribution in [0.1, 0.15) is 11.1 Å². The average molecular weight is 232 g/mol. The van der Waals surface area contributed by atoms with Gasteiger partial charge in [0.1, 0.15) is 11.4 Å². The summed E-state index contributed by atoms with van der Waals surface area (Å²) in [6.07, 6.45) is 0. The van der Waals surface area contributed by atoms with Gasteiger partial charge in [-0.1, -0.05) is 36.4 Å². The summed E-state index contributed by atoms with van der Waals surface area (Å²) in [5.41, 5.74) is 5.42. The van der Waals surface area contributed by atoms with E-state index in [0.29, 0.717) is 0 Å². The topological polar surface area (TPSA) is 49.4 Å². The van der Waals surface area contributed by atoms with Gasteiger partial charge in [-0.05, 0) is 12.1 Å². The quantitative estimate of drug-likeness (QED) is 0.631. The summed E-state index contributed by atoms with van der Waals surface area (Å²) < 4.78 is 0. The summed E-state index contributed by atoms with van der Waals surface area (Å²) >= 11 is 0. The minimum Gasteiger partial charge on any atom is -0.150 e. The Hall–Kier alpha value is -2.62. The van der Waals surface area contributed by atoms with E-state index in [9.17, 15) is 0 Å². The van der Waals surface area contributed by atoms with Crippen molar-refractivity contribution in [2.24, 2.45) is 20.5 Å². The van der Waals surface area contributed by atoms with Gasteiger partial charge in [-0.25, -0.2) is 0 Å². The molecule has 84 valence electrons. The van der Waals surface area contributed by atoms with Gasteiger partial charge >= 0.3 is 0 Å². The van der Waals surface area contributed by atoms with Crippen molar-refractivity contribution in [2.75, 3.05) is 0 Å². The van der Waals surface area contributed by atoms with E-state index in [2.05, 4.69) is 20.5 Å². The molecule has 4 nitrogen and oxygen atoms in total. The van der Waals surface area contributed by atoms with Crippen molar-refractivity contribution < 1.29 is 0 Å². The first-order valence-corrected chi connectivity index (χ1v) is 5.70. The Morgan fingerprint density at radius 1 is 0.500 bits per heavy atom. The molecule has 0 spiro atoms. The van der Waals surface area contributed by atoms with E-state index in [-0.39, 0.29) is 0 Å². The van der Waals surface area contributed by atoms with Crippen LogP contribution in [-0.2, 0) is 0 Å². The molecular weight excluding hydrogens is 224 g/mol. The number of hydrogen-bond donors (Lipinski definition) is 0. The molecule has 2 aromatic carbocycles. The minimum atomic E-state index is 0.805. The summed E-state index contributed by atoms with van der Waals surface area (Å²) in [5.74, 6) is 0. The van der Waals surface area contributed by atoms with E-state index in [0.717, 1.165) is 33.9 Å². The zero-order chi connectivity index (χ0) is 11.9. The van der Waals surface area contributed by atoms with E-state index >= 15 is 0 Å². The summed E-state index contributed by atoms with van der Waals surface area (Å²) in [7, 11) is 0. The van der Waals surface area contributed by atoms with Crippen LogP contribution in [0.5, 0.6) is 0 Å². The lowest BCUT2D eigenvalue weighted by Gasteiger charge is -2.00. The molecule has 4 heteroatoms. The predicted molar refractivity (Wildman–Crippen MR) is 68.7 cm³/mol. The van der Waals surface area contributed by atoms with Gasteiger partial charge in [0.05, 0.1) is 11.4 Å². The molecule has 0 aliphatic carbocycles. The summed E-state index contributed by atoms with van der Waals surface area (Å²) in [5, 5.41) is 16.8. The maximum Gasteiger partial charge on any atom is 0.123 e. The van der Waals surface area contributed by atoms with Crippen LogP contribution in [0.4, 0.5) is 11.4 Å². The molecule has 2 aliphatic heterocycles. The van der Waals surface area contributed by atoms with Crippen LogP contribution in [-0.4, -0.2) is 0 Å². The second-order valence-corrected chi connectivity index (χ2v) is 4.13. The van der Waals surface area contributed by atoms with Crippen molar-refractivity contribution in [3.63, 3.8) is 0 Å². The molecule has 4 rings (SSSR count). The maximum atomic E-state index is 4.24. The minimum absolute atomic E-state index is 0.805. The highest BCUT2D eigenvalue weighted by Gasteiger charge is 2.23. The number of azo groups is 2. The van der Waals surface area contributed by atoms with Crippen LogP contribution < -0.4 is 0 Å². The van der Waals surface area contributed by atoms with E-state index in [4.69, 9.17) is 0 Å². The highest BCUT2D eigenvalue weighted by Crippen LogP contribution is 2.44. The van der Waals surface area contributed by atoms with Crippen LogP contribution in [0.2, 0.25) is 0 Å². The molecule has 18 heavy (non-hydrogen) atoms. The lowest BCUT2D eigenvalue weighted by atomic mass is 10.0. The van der Waals surface area contributed by atoms with Crippen LogP contribution in [0.3, 0.4) is 0 Å². The van der Waals surface area contributed by atoms with Crippen molar-refractivity contribution in [3.05, 3.63) is 59.7 Å². The van der Waals surface area contributed by atoms with Gasteiger partial charge in [0.15, 0.2) is 0 Å². The first-order chi connectivity index (χ1) is 8.93. The number of benzene rings is 2. The van der Waals surface area contributed by atoms with Crippen molar-refractivity contribution in [3.8, 4) is 0 Å². The Morgan fingerprint density at radius 3 is 1.44 bits per heavy atom. The molecule has 0 amide bonds. The smallest absolute Gasteiger partial charge is 0.123 e. The second-order valence-electron chi connectivity index (χ2n) is 4.13. The van der Waals surface area contributed by atoms with Gasteiger partial charge in [0.2, 0.25) is 0 Å². The number of fused-ring (bicyclic) bond motifs is 2. The SMILES string of the molecule is c1ccc2c(c1)N=NC2=C1N=Nc2ccccc21. The summed E-state index contributed by atoms with van der Waals surface area (Å²) in [6, 6.07) is 15.8. The highest BCUT2D eigenvalue weighted by atomic mass is 15.2. The number of nitrogens with zero attached hydrogens (tertiary/aromatic N) is 4. The molecule has 0 radical (unpaired) electrons. The molecule has 2 heterocycles. The zero-order valence-corrected chi connectivity index (χ0v) is 9.41. The third-order valence-electron chi connectivity index (χ3n) is 3.06. The van der Waals surface area contributed by atoms with Gasteiger partial charge in [-0.2, -0.15) is 0 Å². The van der Waals surface area contributed by atoms with Gasteiger partial charge in [-0.15, -0.1) is 20.5 Å². The number of rotatable bonds is 0. The fraction of sp³-hybridized carbons (Fsp3) is 0. The third-order valence-corrected chi connectivity index (χ3v) is 3.06. The first-order valence-electron chi connectivity index (χ1n) is 5.70. The second kappa shape index (κ2) is 3.43. The third kappa shape index (κ3) is 1.20. The van der Waals surface area contributed by atoms with E-state index in [1.807, 2.05) is 48.5 Å².